The average molecular weight is 431 g/mol. The third-order valence-corrected chi connectivity index (χ3v) is 5.58. The van der Waals surface area contributed by atoms with Gasteiger partial charge in [-0.25, -0.2) is 0 Å². The smallest absolute Gasteiger partial charge is 0.253 e. The number of likely N-dealkylation sites (tertiary alicyclic amines) is 1. The van der Waals surface area contributed by atoms with Gasteiger partial charge < -0.3 is 19.7 Å². The summed E-state index contributed by atoms with van der Waals surface area (Å²) in [5.41, 5.74) is 1.66. The Morgan fingerprint density at radius 3 is 2.33 bits per heavy atom. The number of benzene rings is 2. The van der Waals surface area contributed by atoms with Gasteiger partial charge in [0.15, 0.2) is 11.5 Å². The maximum atomic E-state index is 12.8. The lowest BCUT2D eigenvalue weighted by Gasteiger charge is -2.32. The average Bonchev–Trinajstić information content (AvgIpc) is 2.78. The van der Waals surface area contributed by atoms with E-state index in [0.717, 1.165) is 18.4 Å². The number of methoxy groups -OCH3 is 2. The number of piperidine rings is 1. The SMILES string of the molecule is COc1ccc(C(=O)N2CCC(NC(=O)CCc3ccc(Cl)cc3)CC2)cc1OC. The Balaban J connectivity index is 1.46. The number of amides is 2. The van der Waals surface area contributed by atoms with Crippen LogP contribution in [0.3, 0.4) is 0 Å². The van der Waals surface area contributed by atoms with Crippen LogP contribution in [0.5, 0.6) is 11.5 Å². The molecule has 0 spiro atoms. The summed E-state index contributed by atoms with van der Waals surface area (Å²) in [6, 6.07) is 12.8. The zero-order valence-electron chi connectivity index (χ0n) is 17.3. The standard InChI is InChI=1S/C23H27ClN2O4/c1-29-20-9-6-17(15-21(20)30-2)23(28)26-13-11-19(12-14-26)25-22(27)10-5-16-3-7-18(24)8-4-16/h3-4,6-9,15,19H,5,10-14H2,1-2H3,(H,25,27). The van der Waals surface area contributed by atoms with E-state index < -0.39 is 0 Å². The number of ether oxygens (including phenoxy) is 2. The first-order valence-electron chi connectivity index (χ1n) is 10.0. The Hall–Kier alpha value is -2.73. The van der Waals surface area contributed by atoms with Crippen LogP contribution in [-0.2, 0) is 11.2 Å². The molecule has 3 rings (SSSR count). The fraction of sp³-hybridized carbons (Fsp3) is 0.391. The van der Waals surface area contributed by atoms with Crippen LogP contribution in [0.4, 0.5) is 0 Å². The molecule has 1 N–H and O–H groups in total. The van der Waals surface area contributed by atoms with E-state index in [2.05, 4.69) is 5.32 Å². The number of rotatable bonds is 7. The van der Waals surface area contributed by atoms with Crippen molar-refractivity contribution >= 4 is 23.4 Å². The molecule has 0 radical (unpaired) electrons. The number of carbonyl (C=O) groups is 2. The maximum Gasteiger partial charge on any atom is 0.253 e. The molecule has 6 nitrogen and oxygen atoms in total. The van der Waals surface area contributed by atoms with E-state index >= 15 is 0 Å². The van der Waals surface area contributed by atoms with Crippen LogP contribution in [0.15, 0.2) is 42.5 Å². The molecule has 1 aliphatic heterocycles. The molecular weight excluding hydrogens is 404 g/mol. The minimum absolute atomic E-state index is 0.0367. The summed E-state index contributed by atoms with van der Waals surface area (Å²) < 4.78 is 10.5. The molecule has 1 fully saturated rings. The second kappa shape index (κ2) is 10.3. The van der Waals surface area contributed by atoms with E-state index in [1.807, 2.05) is 29.2 Å². The van der Waals surface area contributed by atoms with Gasteiger partial charge in [-0.05, 0) is 55.2 Å². The zero-order chi connectivity index (χ0) is 21.5. The molecule has 1 saturated heterocycles. The van der Waals surface area contributed by atoms with Crippen molar-refractivity contribution in [2.24, 2.45) is 0 Å². The second-order valence-corrected chi connectivity index (χ2v) is 7.77. The van der Waals surface area contributed by atoms with E-state index in [1.54, 1.807) is 32.4 Å². The van der Waals surface area contributed by atoms with E-state index in [9.17, 15) is 9.59 Å². The van der Waals surface area contributed by atoms with Crippen LogP contribution in [0, 0.1) is 0 Å². The van der Waals surface area contributed by atoms with Crippen LogP contribution < -0.4 is 14.8 Å². The van der Waals surface area contributed by atoms with Gasteiger partial charge >= 0.3 is 0 Å². The second-order valence-electron chi connectivity index (χ2n) is 7.33. The molecule has 1 aliphatic rings. The number of carbonyl (C=O) groups excluding carboxylic acids is 2. The molecule has 30 heavy (non-hydrogen) atoms. The number of nitrogens with one attached hydrogen (secondary N) is 1. The lowest BCUT2D eigenvalue weighted by Crippen LogP contribution is -2.46. The van der Waals surface area contributed by atoms with Gasteiger partial charge in [0.25, 0.3) is 5.91 Å². The monoisotopic (exact) mass is 430 g/mol. The van der Waals surface area contributed by atoms with Gasteiger partial charge in [0.2, 0.25) is 5.91 Å². The molecule has 0 bridgehead atoms. The Bertz CT molecular complexity index is 877. The normalized spacial score (nSPS) is 14.3. The minimum Gasteiger partial charge on any atom is -0.493 e. The predicted molar refractivity (Wildman–Crippen MR) is 116 cm³/mol. The van der Waals surface area contributed by atoms with Gasteiger partial charge in [-0.3, -0.25) is 9.59 Å². The molecule has 0 unspecified atom stereocenters. The van der Waals surface area contributed by atoms with Crippen LogP contribution in [-0.4, -0.2) is 50.1 Å². The fourth-order valence-electron chi connectivity index (χ4n) is 3.59. The number of nitrogens with zero attached hydrogens (tertiary/aromatic N) is 1. The minimum atomic E-state index is -0.0385. The summed E-state index contributed by atoms with van der Waals surface area (Å²) in [6.07, 6.45) is 2.60. The molecule has 7 heteroatoms. The van der Waals surface area contributed by atoms with Crippen molar-refractivity contribution in [1.29, 1.82) is 0 Å². The highest BCUT2D eigenvalue weighted by Crippen LogP contribution is 2.28. The summed E-state index contributed by atoms with van der Waals surface area (Å²) in [6.45, 7) is 1.21. The molecule has 160 valence electrons. The largest absolute Gasteiger partial charge is 0.493 e. The molecule has 2 amide bonds. The van der Waals surface area contributed by atoms with E-state index in [-0.39, 0.29) is 17.9 Å². The van der Waals surface area contributed by atoms with Crippen molar-refractivity contribution < 1.29 is 19.1 Å². The molecule has 0 aromatic heterocycles. The summed E-state index contributed by atoms with van der Waals surface area (Å²) >= 11 is 5.89. The van der Waals surface area contributed by atoms with Gasteiger partial charge in [0, 0.05) is 36.1 Å². The van der Waals surface area contributed by atoms with Crippen LogP contribution in [0.2, 0.25) is 5.02 Å². The van der Waals surface area contributed by atoms with Gasteiger partial charge in [0.05, 0.1) is 14.2 Å². The molecule has 2 aromatic carbocycles. The maximum absolute atomic E-state index is 12.8. The fourth-order valence-corrected chi connectivity index (χ4v) is 3.71. The van der Waals surface area contributed by atoms with Crippen molar-refractivity contribution in [3.05, 3.63) is 58.6 Å². The quantitative estimate of drug-likeness (QED) is 0.727. The third-order valence-electron chi connectivity index (χ3n) is 5.33. The summed E-state index contributed by atoms with van der Waals surface area (Å²) in [4.78, 5) is 26.9. The van der Waals surface area contributed by atoms with Crippen molar-refractivity contribution in [3.63, 3.8) is 0 Å². The first-order valence-corrected chi connectivity index (χ1v) is 10.4. The lowest BCUT2D eigenvalue weighted by molar-refractivity contribution is -0.122. The summed E-state index contributed by atoms with van der Waals surface area (Å²) in [5.74, 6) is 1.12. The van der Waals surface area contributed by atoms with Gasteiger partial charge in [-0.2, -0.15) is 0 Å². The van der Waals surface area contributed by atoms with Gasteiger partial charge in [-0.15, -0.1) is 0 Å². The van der Waals surface area contributed by atoms with Gasteiger partial charge in [0.1, 0.15) is 0 Å². The number of aryl methyl sites for hydroxylation is 1. The molecular formula is C23H27ClN2O4. The number of hydrogen-bond donors (Lipinski definition) is 1. The first kappa shape index (κ1) is 22.0. The molecule has 2 aromatic rings. The van der Waals surface area contributed by atoms with Crippen LogP contribution >= 0.6 is 11.6 Å². The Labute approximate surface area is 182 Å². The van der Waals surface area contributed by atoms with Crippen molar-refractivity contribution in [2.45, 2.75) is 31.7 Å². The van der Waals surface area contributed by atoms with E-state index in [4.69, 9.17) is 21.1 Å². The third kappa shape index (κ3) is 5.66. The van der Waals surface area contributed by atoms with Crippen LogP contribution in [0.25, 0.3) is 0 Å². The van der Waals surface area contributed by atoms with E-state index in [1.165, 1.54) is 0 Å². The zero-order valence-corrected chi connectivity index (χ0v) is 18.1. The Kier molecular flexibility index (Phi) is 7.57. The van der Waals surface area contributed by atoms with E-state index in [0.29, 0.717) is 48.0 Å². The molecule has 0 saturated carbocycles. The highest BCUT2D eigenvalue weighted by molar-refractivity contribution is 6.30. The van der Waals surface area contributed by atoms with Crippen molar-refractivity contribution in [1.82, 2.24) is 10.2 Å². The van der Waals surface area contributed by atoms with Crippen LogP contribution in [0.1, 0.15) is 35.2 Å². The first-order chi connectivity index (χ1) is 14.5. The molecule has 0 aliphatic carbocycles. The molecule has 1 heterocycles. The molecule has 0 atom stereocenters. The summed E-state index contributed by atoms with van der Waals surface area (Å²) in [5, 5.41) is 3.79. The Morgan fingerprint density at radius 2 is 1.70 bits per heavy atom. The van der Waals surface area contributed by atoms with Crippen molar-refractivity contribution in [2.75, 3.05) is 27.3 Å². The highest BCUT2D eigenvalue weighted by atomic mass is 35.5. The number of halogens is 1. The topological polar surface area (TPSA) is 67.9 Å². The Morgan fingerprint density at radius 1 is 1.03 bits per heavy atom. The highest BCUT2D eigenvalue weighted by Gasteiger charge is 2.25. The predicted octanol–water partition coefficient (Wildman–Crippen LogP) is 3.71. The lowest BCUT2D eigenvalue weighted by atomic mass is 10.0. The summed E-state index contributed by atoms with van der Waals surface area (Å²) in [7, 11) is 3.11. The van der Waals surface area contributed by atoms with Crippen molar-refractivity contribution in [3.8, 4) is 11.5 Å². The number of hydrogen-bond acceptors (Lipinski definition) is 4. The van der Waals surface area contributed by atoms with Gasteiger partial charge in [-0.1, -0.05) is 23.7 Å².